The fourth-order valence-electron chi connectivity index (χ4n) is 3.03. The van der Waals surface area contributed by atoms with Crippen LogP contribution in [0.4, 0.5) is 11.6 Å². The molecule has 1 aliphatic heterocycles. The van der Waals surface area contributed by atoms with Crippen LogP contribution in [0.1, 0.15) is 0 Å². The predicted octanol–water partition coefficient (Wildman–Crippen LogP) is 0.117. The minimum atomic E-state index is 0.696. The SMILES string of the molecule is c1nc(N2CCN(c3ccc4nncn4n3)CC2)c2[nH]cnc2n1. The third-order valence-corrected chi connectivity index (χ3v) is 4.25. The van der Waals surface area contributed by atoms with E-state index in [2.05, 4.69) is 45.0 Å². The largest absolute Gasteiger partial charge is 0.352 e. The van der Waals surface area contributed by atoms with Gasteiger partial charge in [0.15, 0.2) is 17.1 Å². The van der Waals surface area contributed by atoms with Gasteiger partial charge in [0.1, 0.15) is 24.0 Å². The molecule has 0 unspecified atom stereocenters. The first kappa shape index (κ1) is 13.2. The monoisotopic (exact) mass is 322 g/mol. The zero-order chi connectivity index (χ0) is 15.9. The number of aromatic amines is 1. The standard InChI is InChI=1S/C14H14N10/c1-2-11(21-24-9-19-20-10(1)24)22-3-5-23(6-4-22)14-12-13(16-7-15-12)17-8-18-14/h1-2,7-9H,3-6H2,(H,15,16,17,18). The highest BCUT2D eigenvalue weighted by Gasteiger charge is 2.21. The van der Waals surface area contributed by atoms with Crippen molar-refractivity contribution >= 4 is 28.4 Å². The fraction of sp³-hybridized carbons (Fsp3) is 0.286. The molecule has 0 atom stereocenters. The fourth-order valence-corrected chi connectivity index (χ4v) is 3.03. The van der Waals surface area contributed by atoms with E-state index < -0.39 is 0 Å². The van der Waals surface area contributed by atoms with Crippen molar-refractivity contribution in [1.29, 1.82) is 0 Å². The Morgan fingerprint density at radius 2 is 1.83 bits per heavy atom. The van der Waals surface area contributed by atoms with Gasteiger partial charge in [-0.1, -0.05) is 0 Å². The molecular weight excluding hydrogens is 308 g/mol. The van der Waals surface area contributed by atoms with E-state index in [1.54, 1.807) is 23.5 Å². The Morgan fingerprint density at radius 3 is 2.75 bits per heavy atom. The maximum Gasteiger partial charge on any atom is 0.182 e. The van der Waals surface area contributed by atoms with Gasteiger partial charge in [0, 0.05) is 26.2 Å². The second-order valence-electron chi connectivity index (χ2n) is 5.60. The van der Waals surface area contributed by atoms with Crippen molar-refractivity contribution in [2.75, 3.05) is 36.0 Å². The number of hydrogen-bond acceptors (Lipinski definition) is 8. The van der Waals surface area contributed by atoms with Crippen molar-refractivity contribution in [1.82, 2.24) is 39.7 Å². The van der Waals surface area contributed by atoms with Crippen LogP contribution in [0.3, 0.4) is 0 Å². The molecule has 1 saturated heterocycles. The Labute approximate surface area is 136 Å². The lowest BCUT2D eigenvalue weighted by Crippen LogP contribution is -2.47. The number of H-pyrrole nitrogens is 1. The first-order chi connectivity index (χ1) is 11.9. The highest BCUT2D eigenvalue weighted by Crippen LogP contribution is 2.22. The third kappa shape index (κ3) is 2.03. The van der Waals surface area contributed by atoms with Crippen LogP contribution in [0.25, 0.3) is 16.8 Å². The van der Waals surface area contributed by atoms with Crippen molar-refractivity contribution in [3.63, 3.8) is 0 Å². The van der Waals surface area contributed by atoms with E-state index in [1.807, 2.05) is 12.1 Å². The molecular formula is C14H14N10. The van der Waals surface area contributed by atoms with Gasteiger partial charge >= 0.3 is 0 Å². The Morgan fingerprint density at radius 1 is 0.958 bits per heavy atom. The number of anilines is 2. The summed E-state index contributed by atoms with van der Waals surface area (Å²) in [6.45, 7) is 3.43. The molecule has 4 aromatic rings. The molecule has 5 heterocycles. The topological polar surface area (TPSA) is 104 Å². The average Bonchev–Trinajstić information content (AvgIpc) is 3.30. The van der Waals surface area contributed by atoms with Gasteiger partial charge in [-0.15, -0.1) is 15.3 Å². The van der Waals surface area contributed by atoms with E-state index in [1.165, 1.54) is 0 Å². The van der Waals surface area contributed by atoms with Crippen LogP contribution in [0.2, 0.25) is 0 Å². The van der Waals surface area contributed by atoms with Crippen LogP contribution in [-0.4, -0.2) is 65.9 Å². The van der Waals surface area contributed by atoms with Crippen LogP contribution < -0.4 is 9.80 Å². The molecule has 10 heteroatoms. The highest BCUT2D eigenvalue weighted by molar-refractivity contribution is 5.82. The number of rotatable bonds is 2. The Bertz CT molecular complexity index is 997. The predicted molar refractivity (Wildman–Crippen MR) is 86.9 cm³/mol. The average molecular weight is 322 g/mol. The maximum atomic E-state index is 4.56. The minimum absolute atomic E-state index is 0.696. The highest BCUT2D eigenvalue weighted by atomic mass is 15.4. The van der Waals surface area contributed by atoms with Crippen LogP contribution in [0.5, 0.6) is 0 Å². The van der Waals surface area contributed by atoms with E-state index >= 15 is 0 Å². The molecule has 24 heavy (non-hydrogen) atoms. The maximum absolute atomic E-state index is 4.56. The van der Waals surface area contributed by atoms with Gasteiger partial charge in [0.2, 0.25) is 0 Å². The Kier molecular flexibility index (Phi) is 2.81. The first-order valence-corrected chi connectivity index (χ1v) is 7.69. The second-order valence-corrected chi connectivity index (χ2v) is 5.60. The van der Waals surface area contributed by atoms with Crippen molar-refractivity contribution in [3.8, 4) is 0 Å². The first-order valence-electron chi connectivity index (χ1n) is 7.69. The Hall–Kier alpha value is -3.30. The summed E-state index contributed by atoms with van der Waals surface area (Å²) in [4.78, 5) is 20.4. The third-order valence-electron chi connectivity index (χ3n) is 4.25. The number of nitrogens with zero attached hydrogens (tertiary/aromatic N) is 9. The molecule has 0 amide bonds. The quantitative estimate of drug-likeness (QED) is 0.555. The van der Waals surface area contributed by atoms with Gasteiger partial charge in [0.25, 0.3) is 0 Å². The summed E-state index contributed by atoms with van der Waals surface area (Å²) < 4.78 is 1.69. The number of fused-ring (bicyclic) bond motifs is 2. The van der Waals surface area contributed by atoms with E-state index in [-0.39, 0.29) is 0 Å². The van der Waals surface area contributed by atoms with Crippen molar-refractivity contribution in [2.45, 2.75) is 0 Å². The van der Waals surface area contributed by atoms with Gasteiger partial charge in [-0.25, -0.2) is 15.0 Å². The molecule has 0 radical (unpaired) electrons. The zero-order valence-corrected chi connectivity index (χ0v) is 12.7. The Balaban J connectivity index is 1.38. The lowest BCUT2D eigenvalue weighted by Gasteiger charge is -2.35. The van der Waals surface area contributed by atoms with E-state index in [9.17, 15) is 0 Å². The van der Waals surface area contributed by atoms with Crippen molar-refractivity contribution in [3.05, 3.63) is 31.1 Å². The summed E-state index contributed by atoms with van der Waals surface area (Å²) in [6.07, 6.45) is 4.83. The molecule has 0 saturated carbocycles. The summed E-state index contributed by atoms with van der Waals surface area (Å²) in [7, 11) is 0. The molecule has 10 nitrogen and oxygen atoms in total. The van der Waals surface area contributed by atoms with Crippen molar-refractivity contribution in [2.24, 2.45) is 0 Å². The summed E-state index contributed by atoms with van der Waals surface area (Å²) in [5, 5.41) is 12.4. The summed E-state index contributed by atoms with van der Waals surface area (Å²) in [6, 6.07) is 3.91. The smallest absolute Gasteiger partial charge is 0.182 e. The zero-order valence-electron chi connectivity index (χ0n) is 12.7. The molecule has 5 rings (SSSR count). The summed E-state index contributed by atoms with van der Waals surface area (Å²) >= 11 is 0. The summed E-state index contributed by atoms with van der Waals surface area (Å²) in [5.41, 5.74) is 2.33. The molecule has 0 aromatic carbocycles. The molecule has 4 aromatic heterocycles. The number of nitrogens with one attached hydrogen (secondary N) is 1. The van der Waals surface area contributed by atoms with Crippen LogP contribution >= 0.6 is 0 Å². The summed E-state index contributed by atoms with van der Waals surface area (Å²) in [5.74, 6) is 1.83. The second kappa shape index (κ2) is 5.11. The van der Waals surface area contributed by atoms with Gasteiger partial charge in [-0.05, 0) is 12.1 Å². The van der Waals surface area contributed by atoms with Gasteiger partial charge in [-0.2, -0.15) is 4.52 Å². The molecule has 120 valence electrons. The molecule has 1 N–H and O–H groups in total. The van der Waals surface area contributed by atoms with E-state index in [0.717, 1.165) is 49.0 Å². The lowest BCUT2D eigenvalue weighted by atomic mass is 10.3. The van der Waals surface area contributed by atoms with Crippen LogP contribution in [0, 0.1) is 0 Å². The lowest BCUT2D eigenvalue weighted by molar-refractivity contribution is 0.637. The normalized spacial score (nSPS) is 15.5. The molecule has 1 fully saturated rings. The van der Waals surface area contributed by atoms with Crippen LogP contribution in [-0.2, 0) is 0 Å². The number of aromatic nitrogens is 8. The van der Waals surface area contributed by atoms with E-state index in [0.29, 0.717) is 5.65 Å². The van der Waals surface area contributed by atoms with Crippen LogP contribution in [0.15, 0.2) is 31.1 Å². The number of imidazole rings is 1. The van der Waals surface area contributed by atoms with Gasteiger partial charge in [-0.3, -0.25) is 0 Å². The number of piperazine rings is 1. The van der Waals surface area contributed by atoms with Gasteiger partial charge in [0.05, 0.1) is 6.33 Å². The molecule has 0 bridgehead atoms. The minimum Gasteiger partial charge on any atom is -0.352 e. The van der Waals surface area contributed by atoms with Gasteiger partial charge < -0.3 is 14.8 Å². The van der Waals surface area contributed by atoms with E-state index in [4.69, 9.17) is 0 Å². The number of hydrogen-bond donors (Lipinski definition) is 1. The molecule has 1 aliphatic rings. The molecule has 0 aliphatic carbocycles. The van der Waals surface area contributed by atoms with Crippen molar-refractivity contribution < 1.29 is 0 Å². The molecule has 0 spiro atoms.